The molecule has 1 atom stereocenters. The Morgan fingerprint density at radius 2 is 1.14 bits per heavy atom. The Bertz CT molecular complexity index is 1000. The molecule has 0 aliphatic heterocycles. The molecule has 0 aromatic heterocycles. The minimum Gasteiger partial charge on any atom is -0.306 e. The second kappa shape index (κ2) is 9.36. The maximum Gasteiger partial charge on any atom is 0.0363 e. The number of nitrogens with one attached hydrogen (secondary N) is 1. The first-order chi connectivity index (χ1) is 14.3. The summed E-state index contributed by atoms with van der Waals surface area (Å²) in [6.45, 7) is 2.98. The van der Waals surface area contributed by atoms with Crippen molar-refractivity contribution in [2.75, 3.05) is 0 Å². The van der Waals surface area contributed by atoms with Crippen LogP contribution in [0.25, 0.3) is 11.1 Å². The minimum atomic E-state index is 0.285. The summed E-state index contributed by atoms with van der Waals surface area (Å²) in [5, 5.41) is 3.77. The molecule has 0 fully saturated rings. The van der Waals surface area contributed by atoms with Gasteiger partial charge in [-0.05, 0) is 41.2 Å². The van der Waals surface area contributed by atoms with Crippen LogP contribution in [0.4, 0.5) is 0 Å². The van der Waals surface area contributed by atoms with Crippen LogP contribution in [0.3, 0.4) is 0 Å². The van der Waals surface area contributed by atoms with E-state index in [1.54, 1.807) is 0 Å². The lowest BCUT2D eigenvalue weighted by Gasteiger charge is -2.20. The van der Waals surface area contributed by atoms with E-state index in [4.69, 9.17) is 0 Å². The second-order valence-electron chi connectivity index (χ2n) is 7.60. The standard InChI is InChI=1S/C28H27N/c1-22-12-14-23(15-13-22)20-28(27-10-6-3-7-11-27)29-21-24-16-18-26(19-17-24)25-8-4-2-5-9-25/h2-19,28-29H,20-21H2,1H3. The van der Waals surface area contributed by atoms with Gasteiger partial charge >= 0.3 is 0 Å². The van der Waals surface area contributed by atoms with Gasteiger partial charge < -0.3 is 5.32 Å². The van der Waals surface area contributed by atoms with Crippen LogP contribution in [0, 0.1) is 6.92 Å². The number of benzene rings is 4. The molecule has 0 radical (unpaired) electrons. The van der Waals surface area contributed by atoms with Gasteiger partial charge in [0.15, 0.2) is 0 Å². The molecule has 0 bridgehead atoms. The fraction of sp³-hybridized carbons (Fsp3) is 0.143. The van der Waals surface area contributed by atoms with Crippen LogP contribution < -0.4 is 5.32 Å². The van der Waals surface area contributed by atoms with E-state index in [0.29, 0.717) is 0 Å². The molecule has 4 aromatic carbocycles. The van der Waals surface area contributed by atoms with Gasteiger partial charge in [0.1, 0.15) is 0 Å². The highest BCUT2D eigenvalue weighted by atomic mass is 14.9. The van der Waals surface area contributed by atoms with E-state index in [1.165, 1.54) is 33.4 Å². The van der Waals surface area contributed by atoms with Gasteiger partial charge in [-0.15, -0.1) is 0 Å². The highest BCUT2D eigenvalue weighted by Gasteiger charge is 2.12. The number of aryl methyl sites for hydroxylation is 1. The average Bonchev–Trinajstić information content (AvgIpc) is 2.79. The second-order valence-corrected chi connectivity index (χ2v) is 7.60. The summed E-state index contributed by atoms with van der Waals surface area (Å²) in [4.78, 5) is 0. The molecule has 0 saturated heterocycles. The first-order valence-corrected chi connectivity index (χ1v) is 10.3. The maximum atomic E-state index is 3.77. The van der Waals surface area contributed by atoms with Gasteiger partial charge in [-0.3, -0.25) is 0 Å². The van der Waals surface area contributed by atoms with E-state index in [9.17, 15) is 0 Å². The molecule has 0 saturated carbocycles. The summed E-state index contributed by atoms with van der Waals surface area (Å²) < 4.78 is 0. The summed E-state index contributed by atoms with van der Waals surface area (Å²) in [5.41, 5.74) is 7.80. The fourth-order valence-corrected chi connectivity index (χ4v) is 3.64. The van der Waals surface area contributed by atoms with E-state index < -0.39 is 0 Å². The summed E-state index contributed by atoms with van der Waals surface area (Å²) >= 11 is 0. The predicted octanol–water partition coefficient (Wildman–Crippen LogP) is 6.74. The Kier molecular flexibility index (Phi) is 6.19. The third-order valence-electron chi connectivity index (χ3n) is 5.38. The summed E-state index contributed by atoms with van der Waals surface area (Å²) in [7, 11) is 0. The third-order valence-corrected chi connectivity index (χ3v) is 5.38. The summed E-state index contributed by atoms with van der Waals surface area (Å²) in [6, 6.07) is 39.3. The molecule has 144 valence electrons. The van der Waals surface area contributed by atoms with Crippen LogP contribution in [-0.2, 0) is 13.0 Å². The Labute approximate surface area is 174 Å². The van der Waals surface area contributed by atoms with Gasteiger partial charge in [0.2, 0.25) is 0 Å². The maximum absolute atomic E-state index is 3.77. The molecule has 4 rings (SSSR count). The lowest BCUT2D eigenvalue weighted by atomic mass is 9.97. The van der Waals surface area contributed by atoms with Crippen molar-refractivity contribution < 1.29 is 0 Å². The van der Waals surface area contributed by atoms with Gasteiger partial charge in [-0.2, -0.15) is 0 Å². The topological polar surface area (TPSA) is 12.0 Å². The lowest BCUT2D eigenvalue weighted by Crippen LogP contribution is -2.23. The molecule has 29 heavy (non-hydrogen) atoms. The van der Waals surface area contributed by atoms with E-state index in [0.717, 1.165) is 13.0 Å². The van der Waals surface area contributed by atoms with Crippen molar-refractivity contribution in [3.05, 3.63) is 131 Å². The van der Waals surface area contributed by atoms with Gasteiger partial charge in [0.05, 0.1) is 0 Å². The van der Waals surface area contributed by atoms with E-state index in [-0.39, 0.29) is 6.04 Å². The molecule has 0 heterocycles. The largest absolute Gasteiger partial charge is 0.306 e. The molecule has 0 aliphatic carbocycles. The molecule has 0 amide bonds. The van der Waals surface area contributed by atoms with Crippen molar-refractivity contribution in [2.24, 2.45) is 0 Å². The summed E-state index contributed by atoms with van der Waals surface area (Å²) in [5.74, 6) is 0. The first-order valence-electron chi connectivity index (χ1n) is 10.3. The summed E-state index contributed by atoms with van der Waals surface area (Å²) in [6.07, 6.45) is 0.979. The third kappa shape index (κ3) is 5.22. The first kappa shape index (κ1) is 19.2. The molecule has 0 spiro atoms. The molecule has 0 aliphatic rings. The fourth-order valence-electron chi connectivity index (χ4n) is 3.64. The zero-order chi connectivity index (χ0) is 19.9. The van der Waals surface area contributed by atoms with Crippen molar-refractivity contribution in [2.45, 2.75) is 25.9 Å². The van der Waals surface area contributed by atoms with Crippen LogP contribution in [-0.4, -0.2) is 0 Å². The SMILES string of the molecule is Cc1ccc(CC(NCc2ccc(-c3ccccc3)cc2)c2ccccc2)cc1. The quantitative estimate of drug-likeness (QED) is 0.376. The smallest absolute Gasteiger partial charge is 0.0363 e. The molecule has 1 nitrogen and oxygen atoms in total. The average molecular weight is 378 g/mol. The minimum absolute atomic E-state index is 0.285. The van der Waals surface area contributed by atoms with Gasteiger partial charge in [0.25, 0.3) is 0 Å². The number of hydrogen-bond donors (Lipinski definition) is 1. The van der Waals surface area contributed by atoms with Crippen LogP contribution in [0.5, 0.6) is 0 Å². The van der Waals surface area contributed by atoms with Crippen LogP contribution in [0.2, 0.25) is 0 Å². The van der Waals surface area contributed by atoms with Gasteiger partial charge in [-0.1, -0.05) is 115 Å². The molecular formula is C28H27N. The number of hydrogen-bond acceptors (Lipinski definition) is 1. The predicted molar refractivity (Wildman–Crippen MR) is 123 cm³/mol. The Morgan fingerprint density at radius 3 is 1.79 bits per heavy atom. The highest BCUT2D eigenvalue weighted by Crippen LogP contribution is 2.22. The highest BCUT2D eigenvalue weighted by molar-refractivity contribution is 5.63. The van der Waals surface area contributed by atoms with Crippen molar-refractivity contribution in [1.29, 1.82) is 0 Å². The van der Waals surface area contributed by atoms with Crippen LogP contribution >= 0.6 is 0 Å². The van der Waals surface area contributed by atoms with Gasteiger partial charge in [-0.25, -0.2) is 0 Å². The van der Waals surface area contributed by atoms with Crippen molar-refractivity contribution >= 4 is 0 Å². The zero-order valence-corrected chi connectivity index (χ0v) is 16.9. The Balaban J connectivity index is 1.47. The molecular weight excluding hydrogens is 350 g/mol. The Hall–Kier alpha value is -3.16. The van der Waals surface area contributed by atoms with Crippen LogP contribution in [0.1, 0.15) is 28.3 Å². The normalized spacial score (nSPS) is 11.9. The zero-order valence-electron chi connectivity index (χ0n) is 16.9. The van der Waals surface area contributed by atoms with Crippen molar-refractivity contribution in [3.8, 4) is 11.1 Å². The van der Waals surface area contributed by atoms with Crippen LogP contribution in [0.15, 0.2) is 109 Å². The molecule has 4 aromatic rings. The lowest BCUT2D eigenvalue weighted by molar-refractivity contribution is 0.530. The number of rotatable bonds is 7. The van der Waals surface area contributed by atoms with E-state index in [1.807, 2.05) is 0 Å². The molecule has 1 N–H and O–H groups in total. The van der Waals surface area contributed by atoms with Crippen molar-refractivity contribution in [1.82, 2.24) is 5.32 Å². The molecule has 1 heteroatoms. The molecule has 1 unspecified atom stereocenters. The van der Waals surface area contributed by atoms with Crippen molar-refractivity contribution in [3.63, 3.8) is 0 Å². The van der Waals surface area contributed by atoms with Gasteiger partial charge in [0, 0.05) is 12.6 Å². The monoisotopic (exact) mass is 377 g/mol. The van der Waals surface area contributed by atoms with E-state index >= 15 is 0 Å². The Morgan fingerprint density at radius 1 is 0.586 bits per heavy atom. The van der Waals surface area contributed by atoms with E-state index in [2.05, 4.69) is 121 Å².